The number of anilines is 1. The van der Waals surface area contributed by atoms with Gasteiger partial charge in [-0.2, -0.15) is 0 Å². The lowest BCUT2D eigenvalue weighted by atomic mass is 9.95. The fraction of sp³-hybridized carbons (Fsp3) is 0.0833. The summed E-state index contributed by atoms with van der Waals surface area (Å²) < 4.78 is 0.841. The number of aliphatic hydroxyl groups is 1. The second-order valence-corrected chi connectivity index (χ2v) is 8.73. The van der Waals surface area contributed by atoms with Gasteiger partial charge in [-0.25, -0.2) is 4.98 Å². The van der Waals surface area contributed by atoms with Gasteiger partial charge in [0.05, 0.1) is 26.8 Å². The number of ketones is 1. The molecule has 4 aromatic rings. The number of amides is 1. The molecule has 0 bridgehead atoms. The van der Waals surface area contributed by atoms with Crippen LogP contribution in [-0.4, -0.2) is 31.7 Å². The van der Waals surface area contributed by atoms with Gasteiger partial charge in [-0.15, -0.1) is 0 Å². The average Bonchev–Trinajstić information content (AvgIpc) is 3.37. The van der Waals surface area contributed by atoms with Crippen molar-refractivity contribution in [2.75, 3.05) is 4.90 Å². The van der Waals surface area contributed by atoms with Gasteiger partial charge < -0.3 is 5.11 Å². The van der Waals surface area contributed by atoms with Crippen molar-refractivity contribution in [2.24, 2.45) is 0 Å². The number of thiazole rings is 1. The topological polar surface area (TPSA) is 127 Å². The third kappa shape index (κ3) is 3.50. The molecule has 0 aliphatic carbocycles. The number of benzene rings is 2. The van der Waals surface area contributed by atoms with E-state index in [0.29, 0.717) is 21.8 Å². The molecule has 2 aromatic heterocycles. The average molecular weight is 472 g/mol. The van der Waals surface area contributed by atoms with Gasteiger partial charge in [-0.1, -0.05) is 17.4 Å². The Balaban J connectivity index is 1.72. The first kappa shape index (κ1) is 21.4. The van der Waals surface area contributed by atoms with Gasteiger partial charge in [0.2, 0.25) is 0 Å². The van der Waals surface area contributed by atoms with Crippen LogP contribution in [-0.2, 0) is 9.59 Å². The minimum atomic E-state index is -1.02. The maximum Gasteiger partial charge on any atom is 0.301 e. The molecule has 34 heavy (non-hydrogen) atoms. The highest BCUT2D eigenvalue weighted by Crippen LogP contribution is 2.44. The summed E-state index contributed by atoms with van der Waals surface area (Å²) in [7, 11) is 0. The van der Waals surface area contributed by atoms with Gasteiger partial charge in [-0.3, -0.25) is 29.6 Å². The van der Waals surface area contributed by atoms with E-state index in [1.165, 1.54) is 65.0 Å². The highest BCUT2D eigenvalue weighted by atomic mass is 32.1. The number of carbonyl (C=O) groups is 2. The Kier molecular flexibility index (Phi) is 5.14. The second kappa shape index (κ2) is 8.16. The summed E-state index contributed by atoms with van der Waals surface area (Å²) in [6, 6.07) is 13.2. The van der Waals surface area contributed by atoms with E-state index in [2.05, 4.69) is 9.97 Å². The van der Waals surface area contributed by atoms with Crippen LogP contribution >= 0.6 is 11.3 Å². The molecule has 1 saturated heterocycles. The Labute approximate surface area is 196 Å². The number of fused-ring (bicyclic) bond motifs is 1. The molecule has 1 aliphatic heterocycles. The number of hydrogen-bond acceptors (Lipinski definition) is 8. The predicted molar refractivity (Wildman–Crippen MR) is 126 cm³/mol. The molecule has 5 rings (SSSR count). The smallest absolute Gasteiger partial charge is 0.301 e. The summed E-state index contributed by atoms with van der Waals surface area (Å²) in [6.07, 6.45) is 2.92. The second-order valence-electron chi connectivity index (χ2n) is 7.72. The van der Waals surface area contributed by atoms with Crippen molar-refractivity contribution in [2.45, 2.75) is 13.0 Å². The monoisotopic (exact) mass is 472 g/mol. The molecule has 3 heterocycles. The molecule has 168 valence electrons. The van der Waals surface area contributed by atoms with Gasteiger partial charge in [0, 0.05) is 30.1 Å². The minimum Gasteiger partial charge on any atom is -0.507 e. The van der Waals surface area contributed by atoms with Gasteiger partial charge >= 0.3 is 5.91 Å². The summed E-state index contributed by atoms with van der Waals surface area (Å²) >= 11 is 1.25. The third-order valence-electron chi connectivity index (χ3n) is 5.56. The van der Waals surface area contributed by atoms with Crippen LogP contribution in [0.5, 0.6) is 0 Å². The SMILES string of the molecule is Cc1ccc2nc(N3C(=O)C(=O)/C(=C(/O)c4ccncc4)C3c3ccc([N+](=O)[O-])cc3)sc2c1. The number of aryl methyl sites for hydroxylation is 1. The van der Waals surface area contributed by atoms with Crippen LogP contribution in [0.15, 0.2) is 72.6 Å². The number of nitrogens with zero attached hydrogens (tertiary/aromatic N) is 4. The van der Waals surface area contributed by atoms with Crippen LogP contribution in [0.2, 0.25) is 0 Å². The van der Waals surface area contributed by atoms with Gasteiger partial charge in [0.1, 0.15) is 5.76 Å². The van der Waals surface area contributed by atoms with Crippen LogP contribution < -0.4 is 4.90 Å². The molecule has 1 unspecified atom stereocenters. The molecule has 10 heteroatoms. The summed E-state index contributed by atoms with van der Waals surface area (Å²) in [5, 5.41) is 22.5. The zero-order chi connectivity index (χ0) is 24.0. The van der Waals surface area contributed by atoms with Crippen molar-refractivity contribution < 1.29 is 19.6 Å². The first-order valence-corrected chi connectivity index (χ1v) is 11.0. The number of hydrogen-bond donors (Lipinski definition) is 1. The van der Waals surface area contributed by atoms with Gasteiger partial charge in [0.15, 0.2) is 5.13 Å². The van der Waals surface area contributed by atoms with E-state index < -0.39 is 22.7 Å². The lowest BCUT2D eigenvalue weighted by molar-refractivity contribution is -0.384. The molecule has 1 fully saturated rings. The highest BCUT2D eigenvalue weighted by molar-refractivity contribution is 7.22. The van der Waals surface area contributed by atoms with Crippen LogP contribution in [0.3, 0.4) is 0 Å². The quantitative estimate of drug-likeness (QED) is 0.152. The molecule has 9 nitrogen and oxygen atoms in total. The Morgan fingerprint density at radius 3 is 2.47 bits per heavy atom. The van der Waals surface area contributed by atoms with Gasteiger partial charge in [-0.05, 0) is 54.4 Å². The lowest BCUT2D eigenvalue weighted by Gasteiger charge is -2.22. The number of aromatic nitrogens is 2. The van der Waals surface area contributed by atoms with Crippen LogP contribution in [0.25, 0.3) is 16.0 Å². The first-order chi connectivity index (χ1) is 16.3. The van der Waals surface area contributed by atoms with E-state index in [4.69, 9.17) is 0 Å². The first-order valence-electron chi connectivity index (χ1n) is 10.2. The number of nitro benzene ring substituents is 1. The molecule has 0 saturated carbocycles. The van der Waals surface area contributed by atoms with E-state index in [1.54, 1.807) is 0 Å². The molecule has 0 radical (unpaired) electrons. The molecule has 0 spiro atoms. The number of carbonyl (C=O) groups excluding carboxylic acids is 2. The van der Waals surface area contributed by atoms with Crippen molar-refractivity contribution in [1.29, 1.82) is 0 Å². The summed E-state index contributed by atoms with van der Waals surface area (Å²) in [5.41, 5.74) is 2.18. The largest absolute Gasteiger partial charge is 0.507 e. The summed E-state index contributed by atoms with van der Waals surface area (Å²) in [5.74, 6) is -2.06. The molecule has 1 N–H and O–H groups in total. The fourth-order valence-electron chi connectivity index (χ4n) is 3.91. The van der Waals surface area contributed by atoms with Crippen molar-refractivity contribution in [3.63, 3.8) is 0 Å². The van der Waals surface area contributed by atoms with Crippen molar-refractivity contribution >= 4 is 49.8 Å². The van der Waals surface area contributed by atoms with E-state index in [-0.39, 0.29) is 17.0 Å². The number of Topliss-reactive ketones (excluding diaryl/α,β-unsaturated/α-hetero) is 1. The van der Waals surface area contributed by atoms with Crippen LogP contribution in [0.1, 0.15) is 22.7 Å². The zero-order valence-corrected chi connectivity index (χ0v) is 18.5. The molecular formula is C24H16N4O5S. The highest BCUT2D eigenvalue weighted by Gasteiger charge is 2.48. The Hall–Kier alpha value is -4.44. The molecule has 1 aliphatic rings. The maximum atomic E-state index is 13.2. The number of pyridine rings is 1. The van der Waals surface area contributed by atoms with Crippen LogP contribution in [0.4, 0.5) is 10.8 Å². The molecule has 2 aromatic carbocycles. The number of rotatable bonds is 4. The predicted octanol–water partition coefficient (Wildman–Crippen LogP) is 4.53. The minimum absolute atomic E-state index is 0.125. The summed E-state index contributed by atoms with van der Waals surface area (Å²) in [6.45, 7) is 1.94. The van der Waals surface area contributed by atoms with Crippen molar-refractivity contribution in [3.8, 4) is 0 Å². The zero-order valence-electron chi connectivity index (χ0n) is 17.7. The van der Waals surface area contributed by atoms with Crippen molar-refractivity contribution in [3.05, 3.63) is 99.4 Å². The van der Waals surface area contributed by atoms with E-state index in [9.17, 15) is 24.8 Å². The number of nitro groups is 1. The normalized spacial score (nSPS) is 17.4. The Morgan fingerprint density at radius 1 is 1.09 bits per heavy atom. The van der Waals surface area contributed by atoms with E-state index in [0.717, 1.165) is 10.3 Å². The molecule has 1 amide bonds. The molecule has 1 atom stereocenters. The third-order valence-corrected chi connectivity index (χ3v) is 6.57. The van der Waals surface area contributed by atoms with Gasteiger partial charge in [0.25, 0.3) is 11.5 Å². The standard InChI is InChI=1S/C24H16N4O5S/c1-13-2-7-17-18(12-13)34-24(26-17)27-20(14-3-5-16(6-4-14)28(32)33)19(22(30)23(27)31)21(29)15-8-10-25-11-9-15/h2-12,20,29H,1H3/b21-19+. The summed E-state index contributed by atoms with van der Waals surface area (Å²) in [4.78, 5) is 46.7. The Morgan fingerprint density at radius 2 is 1.79 bits per heavy atom. The lowest BCUT2D eigenvalue weighted by Crippen LogP contribution is -2.29. The van der Waals surface area contributed by atoms with E-state index >= 15 is 0 Å². The van der Waals surface area contributed by atoms with E-state index in [1.807, 2.05) is 25.1 Å². The van der Waals surface area contributed by atoms with Crippen LogP contribution in [0, 0.1) is 17.0 Å². The Bertz CT molecular complexity index is 1500. The maximum absolute atomic E-state index is 13.2. The fourth-order valence-corrected chi connectivity index (χ4v) is 5.00. The number of aliphatic hydroxyl groups excluding tert-OH is 1. The van der Waals surface area contributed by atoms with Crippen molar-refractivity contribution in [1.82, 2.24) is 9.97 Å². The number of non-ortho nitro benzene ring substituents is 1. The molecular weight excluding hydrogens is 456 g/mol.